The SMILES string of the molecule is c1ccc(-c2ccc3c(c2)sc2cc(-c4nc(-c5ccccc5)nc(-n5c6ccccc6c6ccc7c(c8ccccc8n7-c7ccccc7)c65)n4)ccc23)cc1. The molecule has 0 bridgehead atoms. The maximum Gasteiger partial charge on any atom is 0.238 e. The number of para-hydroxylation sites is 3. The third-order valence-corrected chi connectivity index (χ3v) is 12.3. The van der Waals surface area contributed by atoms with E-state index in [-0.39, 0.29) is 0 Å². The number of hydrogen-bond donors (Lipinski definition) is 0. The monoisotopic (exact) mass is 745 g/mol. The summed E-state index contributed by atoms with van der Waals surface area (Å²) < 4.78 is 7.08. The topological polar surface area (TPSA) is 48.5 Å². The summed E-state index contributed by atoms with van der Waals surface area (Å²) in [7, 11) is 0. The van der Waals surface area contributed by atoms with Gasteiger partial charge in [-0.05, 0) is 53.6 Å². The lowest BCUT2D eigenvalue weighted by molar-refractivity contribution is 0.955. The Morgan fingerprint density at radius 3 is 1.61 bits per heavy atom. The van der Waals surface area contributed by atoms with Gasteiger partial charge in [-0.2, -0.15) is 9.97 Å². The maximum absolute atomic E-state index is 5.38. The molecule has 4 heterocycles. The molecule has 0 radical (unpaired) electrons. The van der Waals surface area contributed by atoms with Crippen molar-refractivity contribution in [3.8, 4) is 45.5 Å². The fourth-order valence-electron chi connectivity index (χ4n) is 8.61. The van der Waals surface area contributed by atoms with E-state index >= 15 is 0 Å². The first-order chi connectivity index (χ1) is 28.3. The second-order valence-electron chi connectivity index (χ2n) is 14.4. The van der Waals surface area contributed by atoms with Crippen molar-refractivity contribution in [2.45, 2.75) is 0 Å². The number of hydrogen-bond acceptors (Lipinski definition) is 4. The molecule has 4 aromatic heterocycles. The maximum atomic E-state index is 5.38. The van der Waals surface area contributed by atoms with E-state index in [0.717, 1.165) is 55.0 Å². The zero-order valence-corrected chi connectivity index (χ0v) is 31.4. The van der Waals surface area contributed by atoms with Gasteiger partial charge in [-0.3, -0.25) is 4.57 Å². The predicted octanol–water partition coefficient (Wildman–Crippen LogP) is 13.4. The van der Waals surface area contributed by atoms with E-state index in [4.69, 9.17) is 15.0 Å². The molecule has 5 nitrogen and oxygen atoms in total. The molecule has 0 N–H and O–H groups in total. The quantitative estimate of drug-likeness (QED) is 0.176. The highest BCUT2D eigenvalue weighted by atomic mass is 32.1. The second-order valence-corrected chi connectivity index (χ2v) is 15.5. The smallest absolute Gasteiger partial charge is 0.238 e. The van der Waals surface area contributed by atoms with Crippen LogP contribution in [0.25, 0.3) is 109 Å². The van der Waals surface area contributed by atoms with Crippen molar-refractivity contribution in [3.05, 3.63) is 188 Å². The van der Waals surface area contributed by atoms with E-state index in [2.05, 4.69) is 179 Å². The van der Waals surface area contributed by atoms with Crippen LogP contribution >= 0.6 is 11.3 Å². The second kappa shape index (κ2) is 12.6. The van der Waals surface area contributed by atoms with E-state index < -0.39 is 0 Å². The third-order valence-electron chi connectivity index (χ3n) is 11.2. The molecule has 266 valence electrons. The number of nitrogens with zero attached hydrogens (tertiary/aromatic N) is 5. The average Bonchev–Trinajstić information content (AvgIpc) is 3.94. The molecule has 0 fully saturated rings. The fourth-order valence-corrected chi connectivity index (χ4v) is 9.79. The van der Waals surface area contributed by atoms with Crippen molar-refractivity contribution < 1.29 is 0 Å². The number of rotatable bonds is 5. The first-order valence-corrected chi connectivity index (χ1v) is 19.9. The van der Waals surface area contributed by atoms with Gasteiger partial charge in [0, 0.05) is 58.5 Å². The Bertz CT molecular complexity index is 3510. The summed E-state index contributed by atoms with van der Waals surface area (Å²) in [5.74, 6) is 1.84. The highest BCUT2D eigenvalue weighted by Crippen LogP contribution is 2.42. The summed E-state index contributed by atoms with van der Waals surface area (Å²) in [5, 5.41) is 7.12. The van der Waals surface area contributed by atoms with E-state index in [1.54, 1.807) is 0 Å². The predicted molar refractivity (Wildman–Crippen MR) is 238 cm³/mol. The molecule has 57 heavy (non-hydrogen) atoms. The van der Waals surface area contributed by atoms with E-state index in [1.807, 2.05) is 29.5 Å². The van der Waals surface area contributed by atoms with Crippen LogP contribution in [0, 0.1) is 0 Å². The first-order valence-electron chi connectivity index (χ1n) is 19.1. The Balaban J connectivity index is 1.13. The van der Waals surface area contributed by atoms with Gasteiger partial charge in [0.05, 0.1) is 22.1 Å². The molecule has 0 atom stereocenters. The molecule has 12 aromatic rings. The van der Waals surface area contributed by atoms with E-state index in [1.165, 1.54) is 36.7 Å². The standard InChI is InChI=1S/C51H31N5S/c1-4-14-32(15-5-1)34-24-26-38-39-27-25-35(31-46(39)57-45(38)30-34)50-52-49(33-16-6-2-7-17-33)53-51(54-50)56-42-22-12-10-20-37(42)40-28-29-44-47(48(40)56)41-21-11-13-23-43(41)55(44)36-18-8-3-9-19-36/h1-31H. The highest BCUT2D eigenvalue weighted by Gasteiger charge is 2.23. The molecule has 0 spiro atoms. The zero-order valence-electron chi connectivity index (χ0n) is 30.5. The Labute approximate surface area is 331 Å². The Morgan fingerprint density at radius 2 is 0.895 bits per heavy atom. The van der Waals surface area contributed by atoms with Crippen LogP contribution in [-0.4, -0.2) is 24.1 Å². The Kier molecular flexibility index (Phi) is 7.03. The molecular formula is C51H31N5S. The number of benzene rings is 8. The van der Waals surface area contributed by atoms with Gasteiger partial charge in [0.25, 0.3) is 0 Å². The minimum absolute atomic E-state index is 0.582. The van der Waals surface area contributed by atoms with Gasteiger partial charge in [-0.25, -0.2) is 4.98 Å². The average molecular weight is 746 g/mol. The van der Waals surface area contributed by atoms with Crippen LogP contribution in [0.1, 0.15) is 0 Å². The summed E-state index contributed by atoms with van der Waals surface area (Å²) in [6, 6.07) is 66.6. The van der Waals surface area contributed by atoms with Gasteiger partial charge >= 0.3 is 0 Å². The lowest BCUT2D eigenvalue weighted by atomic mass is 10.0. The third kappa shape index (κ3) is 4.98. The van der Waals surface area contributed by atoms with Gasteiger partial charge < -0.3 is 4.57 Å². The van der Waals surface area contributed by atoms with Gasteiger partial charge in [0.1, 0.15) is 0 Å². The van der Waals surface area contributed by atoms with Crippen LogP contribution < -0.4 is 0 Å². The molecule has 0 saturated heterocycles. The van der Waals surface area contributed by atoms with Gasteiger partial charge in [0.15, 0.2) is 11.6 Å². The van der Waals surface area contributed by atoms with Crippen molar-refractivity contribution >= 4 is 75.1 Å². The van der Waals surface area contributed by atoms with Gasteiger partial charge in [0.2, 0.25) is 5.95 Å². The van der Waals surface area contributed by atoms with E-state index in [0.29, 0.717) is 17.6 Å². The van der Waals surface area contributed by atoms with Crippen molar-refractivity contribution in [3.63, 3.8) is 0 Å². The van der Waals surface area contributed by atoms with Crippen LogP contribution in [0.4, 0.5) is 0 Å². The Morgan fingerprint density at radius 1 is 0.351 bits per heavy atom. The molecule has 12 rings (SSSR count). The molecule has 8 aromatic carbocycles. The summed E-state index contributed by atoms with van der Waals surface area (Å²) in [5.41, 5.74) is 9.83. The minimum Gasteiger partial charge on any atom is -0.309 e. The van der Waals surface area contributed by atoms with E-state index in [9.17, 15) is 0 Å². The lowest BCUT2D eigenvalue weighted by Crippen LogP contribution is -2.06. The molecule has 0 unspecified atom stereocenters. The number of aromatic nitrogens is 5. The molecule has 0 saturated carbocycles. The Hall–Kier alpha value is -7.41. The van der Waals surface area contributed by atoms with Crippen LogP contribution in [0.5, 0.6) is 0 Å². The molecule has 6 heteroatoms. The highest BCUT2D eigenvalue weighted by molar-refractivity contribution is 7.25. The van der Waals surface area contributed by atoms with Gasteiger partial charge in [-0.1, -0.05) is 146 Å². The first kappa shape index (κ1) is 31.9. The molecule has 0 amide bonds. The summed E-state index contributed by atoms with van der Waals surface area (Å²) >= 11 is 1.81. The molecular weight excluding hydrogens is 715 g/mol. The summed E-state index contributed by atoms with van der Waals surface area (Å²) in [4.78, 5) is 15.9. The molecule has 0 aliphatic carbocycles. The van der Waals surface area contributed by atoms with Crippen LogP contribution in [0.3, 0.4) is 0 Å². The normalized spacial score (nSPS) is 11.9. The fraction of sp³-hybridized carbons (Fsp3) is 0. The minimum atomic E-state index is 0.582. The molecule has 0 aliphatic rings. The largest absolute Gasteiger partial charge is 0.309 e. The molecule has 0 aliphatic heterocycles. The van der Waals surface area contributed by atoms with Crippen LogP contribution in [0.2, 0.25) is 0 Å². The van der Waals surface area contributed by atoms with Crippen molar-refractivity contribution in [1.29, 1.82) is 0 Å². The summed E-state index contributed by atoms with van der Waals surface area (Å²) in [6.07, 6.45) is 0. The number of thiophene rings is 1. The summed E-state index contributed by atoms with van der Waals surface area (Å²) in [6.45, 7) is 0. The zero-order chi connectivity index (χ0) is 37.5. The van der Waals surface area contributed by atoms with Gasteiger partial charge in [-0.15, -0.1) is 11.3 Å². The lowest BCUT2D eigenvalue weighted by Gasteiger charge is -2.12. The number of fused-ring (bicyclic) bond motifs is 10. The van der Waals surface area contributed by atoms with Crippen LogP contribution in [-0.2, 0) is 0 Å². The van der Waals surface area contributed by atoms with Crippen molar-refractivity contribution in [2.75, 3.05) is 0 Å². The van der Waals surface area contributed by atoms with Crippen molar-refractivity contribution in [1.82, 2.24) is 24.1 Å². The van der Waals surface area contributed by atoms with Crippen molar-refractivity contribution in [2.24, 2.45) is 0 Å². The van der Waals surface area contributed by atoms with Crippen LogP contribution in [0.15, 0.2) is 188 Å².